The zero-order valence-corrected chi connectivity index (χ0v) is 15.9. The van der Waals surface area contributed by atoms with Crippen molar-refractivity contribution in [1.82, 2.24) is 14.7 Å². The maximum absolute atomic E-state index is 12.6. The van der Waals surface area contributed by atoms with Crippen molar-refractivity contribution in [3.63, 3.8) is 0 Å². The minimum absolute atomic E-state index is 0.0378. The maximum Gasteiger partial charge on any atom is 0.321 e. The molecule has 142 valence electrons. The predicted octanol–water partition coefficient (Wildman–Crippen LogP) is 2.38. The van der Waals surface area contributed by atoms with Gasteiger partial charge >= 0.3 is 6.03 Å². The fourth-order valence-corrected chi connectivity index (χ4v) is 3.57. The standard InChI is InChI=1S/C20H26N6O/c1-3-16-5-4-6-17(11-16)23-20(27)25-9-7-24(8-10-25)18-12-19-21-13-15(2)26(19)14-22-18/h4-6,11-12,14-15H,3,7-10,13H2,1-2H3,(H,23,27)/t15-/m0/s1. The second-order valence-corrected chi connectivity index (χ2v) is 7.16. The van der Waals surface area contributed by atoms with Crippen LogP contribution in [0.4, 0.5) is 10.5 Å². The number of piperazine rings is 1. The van der Waals surface area contributed by atoms with Gasteiger partial charge in [0.25, 0.3) is 0 Å². The zero-order valence-electron chi connectivity index (χ0n) is 15.9. The second kappa shape index (κ2) is 7.42. The van der Waals surface area contributed by atoms with Gasteiger partial charge in [-0.2, -0.15) is 0 Å². The van der Waals surface area contributed by atoms with Crippen LogP contribution in [0.15, 0.2) is 46.1 Å². The number of amidine groups is 1. The molecule has 3 heterocycles. The third kappa shape index (κ3) is 3.67. The molecule has 4 rings (SSSR count). The van der Waals surface area contributed by atoms with E-state index in [4.69, 9.17) is 0 Å². The molecular formula is C20H26N6O. The van der Waals surface area contributed by atoms with Crippen LogP contribution >= 0.6 is 0 Å². The molecular weight excluding hydrogens is 340 g/mol. The summed E-state index contributed by atoms with van der Waals surface area (Å²) in [5.41, 5.74) is 2.08. The Morgan fingerprint density at radius 3 is 2.85 bits per heavy atom. The minimum Gasteiger partial charge on any atom is -0.353 e. The number of amides is 2. The molecule has 1 N–H and O–H groups in total. The quantitative estimate of drug-likeness (QED) is 0.893. The van der Waals surface area contributed by atoms with Gasteiger partial charge in [0, 0.05) is 37.9 Å². The summed E-state index contributed by atoms with van der Waals surface area (Å²) < 4.78 is 0. The summed E-state index contributed by atoms with van der Waals surface area (Å²) in [7, 11) is 0. The van der Waals surface area contributed by atoms with E-state index in [0.717, 1.165) is 43.4 Å². The highest BCUT2D eigenvalue weighted by Crippen LogP contribution is 2.19. The predicted molar refractivity (Wildman–Crippen MR) is 108 cm³/mol. The number of nitrogens with one attached hydrogen (secondary N) is 1. The number of fused-ring (bicyclic) bond motifs is 1. The smallest absolute Gasteiger partial charge is 0.321 e. The first-order valence-electron chi connectivity index (χ1n) is 9.62. The lowest BCUT2D eigenvalue weighted by Crippen LogP contribution is -2.50. The highest BCUT2D eigenvalue weighted by molar-refractivity contribution is 6.03. The van der Waals surface area contributed by atoms with Crippen LogP contribution in [0.1, 0.15) is 19.4 Å². The number of nitrogens with zero attached hydrogens (tertiary/aromatic N) is 5. The summed E-state index contributed by atoms with van der Waals surface area (Å²) in [5, 5.41) is 3.01. The van der Waals surface area contributed by atoms with Crippen LogP contribution in [0.25, 0.3) is 0 Å². The molecule has 1 fully saturated rings. The Hall–Kier alpha value is -2.83. The minimum atomic E-state index is -0.0378. The molecule has 1 aromatic rings. The average Bonchev–Trinajstić information content (AvgIpc) is 3.08. The van der Waals surface area contributed by atoms with E-state index in [-0.39, 0.29) is 6.03 Å². The number of urea groups is 1. The summed E-state index contributed by atoms with van der Waals surface area (Å²) in [5.74, 6) is 1.93. The number of rotatable bonds is 3. The van der Waals surface area contributed by atoms with E-state index in [1.807, 2.05) is 29.4 Å². The van der Waals surface area contributed by atoms with Gasteiger partial charge in [0.15, 0.2) is 0 Å². The normalized spacial score (nSPS) is 21.7. The lowest BCUT2D eigenvalue weighted by atomic mass is 10.1. The Morgan fingerprint density at radius 1 is 1.26 bits per heavy atom. The zero-order chi connectivity index (χ0) is 18.8. The topological polar surface area (TPSA) is 63.5 Å². The van der Waals surface area contributed by atoms with Crippen LogP contribution in [0, 0.1) is 0 Å². The third-order valence-corrected chi connectivity index (χ3v) is 5.31. The lowest BCUT2D eigenvalue weighted by molar-refractivity contribution is 0.166. The molecule has 0 saturated carbocycles. The molecule has 0 bridgehead atoms. The van der Waals surface area contributed by atoms with Crippen molar-refractivity contribution in [2.24, 2.45) is 9.98 Å². The van der Waals surface area contributed by atoms with Crippen LogP contribution in [-0.2, 0) is 6.42 Å². The molecule has 2 amide bonds. The number of hydrogen-bond donors (Lipinski definition) is 1. The Bertz CT molecular complexity index is 806. The van der Waals surface area contributed by atoms with Crippen LogP contribution in [0.2, 0.25) is 0 Å². The number of carbonyl (C=O) groups excluding carboxylic acids is 1. The Labute approximate surface area is 160 Å². The van der Waals surface area contributed by atoms with Crippen LogP contribution in [0.5, 0.6) is 0 Å². The summed E-state index contributed by atoms with van der Waals surface area (Å²) in [6, 6.07) is 8.37. The molecule has 0 unspecified atom stereocenters. The van der Waals surface area contributed by atoms with Gasteiger partial charge in [-0.25, -0.2) is 9.79 Å². The molecule has 27 heavy (non-hydrogen) atoms. The summed E-state index contributed by atoms with van der Waals surface area (Å²) >= 11 is 0. The van der Waals surface area contributed by atoms with E-state index in [0.29, 0.717) is 19.1 Å². The van der Waals surface area contributed by atoms with Gasteiger partial charge in [-0.05, 0) is 31.0 Å². The van der Waals surface area contributed by atoms with Crippen molar-refractivity contribution < 1.29 is 4.79 Å². The highest BCUT2D eigenvalue weighted by Gasteiger charge is 2.28. The van der Waals surface area contributed by atoms with Gasteiger partial charge in [0.2, 0.25) is 0 Å². The molecule has 0 radical (unpaired) electrons. The largest absolute Gasteiger partial charge is 0.353 e. The van der Waals surface area contributed by atoms with E-state index in [9.17, 15) is 4.79 Å². The van der Waals surface area contributed by atoms with Crippen molar-refractivity contribution in [2.75, 3.05) is 38.0 Å². The first-order chi connectivity index (χ1) is 13.1. The number of anilines is 1. The molecule has 7 nitrogen and oxygen atoms in total. The number of benzene rings is 1. The molecule has 0 aromatic heterocycles. The van der Waals surface area contributed by atoms with Gasteiger partial charge < -0.3 is 20.0 Å². The van der Waals surface area contributed by atoms with Gasteiger partial charge in [-0.15, -0.1) is 0 Å². The molecule has 0 aliphatic carbocycles. The Kier molecular flexibility index (Phi) is 4.83. The monoisotopic (exact) mass is 366 g/mol. The highest BCUT2D eigenvalue weighted by atomic mass is 16.2. The molecule has 3 aliphatic rings. The lowest BCUT2D eigenvalue weighted by Gasteiger charge is -2.37. The molecule has 0 spiro atoms. The average molecular weight is 366 g/mol. The Balaban J connectivity index is 1.33. The van der Waals surface area contributed by atoms with Crippen molar-refractivity contribution in [3.05, 3.63) is 41.7 Å². The van der Waals surface area contributed by atoms with Gasteiger partial charge in [-0.1, -0.05) is 19.1 Å². The number of hydrogen-bond acceptors (Lipinski definition) is 5. The molecule has 7 heteroatoms. The van der Waals surface area contributed by atoms with E-state index in [2.05, 4.69) is 51.1 Å². The van der Waals surface area contributed by atoms with Gasteiger partial charge in [0.1, 0.15) is 11.7 Å². The van der Waals surface area contributed by atoms with Crippen molar-refractivity contribution >= 4 is 23.9 Å². The van der Waals surface area contributed by atoms with Crippen LogP contribution < -0.4 is 5.32 Å². The Morgan fingerprint density at radius 2 is 2.07 bits per heavy atom. The van der Waals surface area contributed by atoms with E-state index < -0.39 is 0 Å². The number of aliphatic imine (C=N–C) groups is 2. The molecule has 3 aliphatic heterocycles. The second-order valence-electron chi connectivity index (χ2n) is 7.16. The van der Waals surface area contributed by atoms with Crippen molar-refractivity contribution in [2.45, 2.75) is 26.3 Å². The van der Waals surface area contributed by atoms with Gasteiger partial charge in [0.05, 0.1) is 18.9 Å². The van der Waals surface area contributed by atoms with E-state index in [1.54, 1.807) is 0 Å². The third-order valence-electron chi connectivity index (χ3n) is 5.31. The first kappa shape index (κ1) is 17.6. The molecule has 1 saturated heterocycles. The van der Waals surface area contributed by atoms with Crippen molar-refractivity contribution in [3.8, 4) is 0 Å². The van der Waals surface area contributed by atoms with Crippen LogP contribution in [0.3, 0.4) is 0 Å². The summed E-state index contributed by atoms with van der Waals surface area (Å²) in [4.78, 5) is 27.9. The van der Waals surface area contributed by atoms with Crippen molar-refractivity contribution in [1.29, 1.82) is 0 Å². The number of aryl methyl sites for hydroxylation is 1. The van der Waals surface area contributed by atoms with E-state index in [1.165, 1.54) is 5.56 Å². The number of carbonyl (C=O) groups is 1. The first-order valence-corrected chi connectivity index (χ1v) is 9.62. The molecule has 1 atom stereocenters. The summed E-state index contributed by atoms with van der Waals surface area (Å²) in [6.07, 6.45) is 4.89. The fourth-order valence-electron chi connectivity index (χ4n) is 3.57. The SMILES string of the molecule is CCc1cccc(NC(=O)N2CCN(C3=CC4=NC[C@H](C)N4C=N3)CC2)c1. The van der Waals surface area contributed by atoms with Crippen LogP contribution in [-0.4, -0.2) is 71.7 Å². The van der Waals surface area contributed by atoms with Gasteiger partial charge in [-0.3, -0.25) is 4.99 Å². The van der Waals surface area contributed by atoms with E-state index >= 15 is 0 Å². The molecule has 1 aromatic carbocycles. The summed E-state index contributed by atoms with van der Waals surface area (Å²) in [6.45, 7) is 7.98. The maximum atomic E-state index is 12.6. The fraction of sp³-hybridized carbons (Fsp3) is 0.450.